The Morgan fingerprint density at radius 2 is 2.08 bits per heavy atom. The maximum atomic E-state index is 5.52. The lowest BCUT2D eigenvalue weighted by atomic mass is 10.0. The third kappa shape index (κ3) is 3.03. The first-order valence-electron chi connectivity index (χ1n) is 7.67. The summed E-state index contributed by atoms with van der Waals surface area (Å²) in [7, 11) is 5.18. The van der Waals surface area contributed by atoms with Crippen LogP contribution in [0.4, 0.5) is 0 Å². The third-order valence-corrected chi connectivity index (χ3v) is 3.82. The molecule has 0 aliphatic carbocycles. The first-order valence-corrected chi connectivity index (χ1v) is 7.67. The maximum Gasteiger partial charge on any atom is 0.191 e. The molecule has 0 atom stereocenters. The van der Waals surface area contributed by atoms with Gasteiger partial charge in [0, 0.05) is 20.2 Å². The second-order valence-electron chi connectivity index (χ2n) is 5.22. The molecule has 6 nitrogen and oxygen atoms in total. The summed E-state index contributed by atoms with van der Waals surface area (Å²) in [5.74, 6) is 2.18. The van der Waals surface area contributed by atoms with Gasteiger partial charge in [-0.2, -0.15) is 0 Å². The van der Waals surface area contributed by atoms with Gasteiger partial charge in [0.15, 0.2) is 11.7 Å². The molecule has 0 radical (unpaired) electrons. The summed E-state index contributed by atoms with van der Waals surface area (Å²) in [5.41, 5.74) is 1.68. The molecule has 0 aliphatic heterocycles. The fraction of sp³-hybridized carbons (Fsp3) is 0.222. The van der Waals surface area contributed by atoms with Crippen LogP contribution in [-0.2, 0) is 6.54 Å². The van der Waals surface area contributed by atoms with Crippen LogP contribution < -0.4 is 15.4 Å². The van der Waals surface area contributed by atoms with Crippen LogP contribution in [0.1, 0.15) is 5.76 Å². The van der Waals surface area contributed by atoms with Gasteiger partial charge in [0.05, 0.1) is 19.2 Å². The highest BCUT2D eigenvalue weighted by Crippen LogP contribution is 2.36. The molecule has 124 valence electrons. The normalized spacial score (nSPS) is 11.5. The lowest BCUT2D eigenvalue weighted by Crippen LogP contribution is -2.33. The van der Waals surface area contributed by atoms with Crippen LogP contribution in [0.25, 0.3) is 22.0 Å². The van der Waals surface area contributed by atoms with E-state index in [4.69, 9.17) is 9.26 Å². The molecule has 0 saturated heterocycles. The van der Waals surface area contributed by atoms with Gasteiger partial charge in [0.25, 0.3) is 0 Å². The third-order valence-electron chi connectivity index (χ3n) is 3.82. The molecular weight excluding hydrogens is 304 g/mol. The van der Waals surface area contributed by atoms with Crippen LogP contribution in [0.2, 0.25) is 0 Å². The summed E-state index contributed by atoms with van der Waals surface area (Å²) in [4.78, 5) is 4.07. The molecular formula is C18H20N4O2. The maximum absolute atomic E-state index is 5.52. The topological polar surface area (TPSA) is 71.7 Å². The average Bonchev–Trinajstić information content (AvgIpc) is 3.10. The van der Waals surface area contributed by atoms with Crippen molar-refractivity contribution in [3.63, 3.8) is 0 Å². The zero-order valence-electron chi connectivity index (χ0n) is 14.0. The number of ether oxygens (including phenoxy) is 1. The van der Waals surface area contributed by atoms with Crippen molar-refractivity contribution < 1.29 is 9.26 Å². The second kappa shape index (κ2) is 7.04. The van der Waals surface area contributed by atoms with E-state index in [1.807, 2.05) is 37.4 Å². The Morgan fingerprint density at radius 3 is 2.83 bits per heavy atom. The SMILES string of the molecule is CN=C(NC)NCc1cc(-c2c(OC)ccc3ccccc23)no1. The van der Waals surface area contributed by atoms with Crippen LogP contribution in [0, 0.1) is 0 Å². The van der Waals surface area contributed by atoms with Crippen molar-refractivity contribution in [1.82, 2.24) is 15.8 Å². The van der Waals surface area contributed by atoms with E-state index in [-0.39, 0.29) is 0 Å². The number of rotatable bonds is 4. The largest absolute Gasteiger partial charge is 0.496 e. The summed E-state index contributed by atoms with van der Waals surface area (Å²) in [6.07, 6.45) is 0. The molecule has 1 aromatic heterocycles. The number of hydrogen-bond donors (Lipinski definition) is 2. The Balaban J connectivity index is 1.96. The van der Waals surface area contributed by atoms with Crippen molar-refractivity contribution in [1.29, 1.82) is 0 Å². The molecule has 2 N–H and O–H groups in total. The Kier molecular flexibility index (Phi) is 4.65. The van der Waals surface area contributed by atoms with Gasteiger partial charge in [-0.05, 0) is 16.8 Å². The molecule has 0 aliphatic rings. The minimum Gasteiger partial charge on any atom is -0.496 e. The minimum atomic E-state index is 0.494. The number of aromatic nitrogens is 1. The number of nitrogens with zero attached hydrogens (tertiary/aromatic N) is 2. The average molecular weight is 324 g/mol. The lowest BCUT2D eigenvalue weighted by Gasteiger charge is -2.09. The van der Waals surface area contributed by atoms with Crippen LogP contribution >= 0.6 is 0 Å². The smallest absolute Gasteiger partial charge is 0.191 e. The van der Waals surface area contributed by atoms with Gasteiger partial charge in [-0.3, -0.25) is 4.99 Å². The van der Waals surface area contributed by atoms with Gasteiger partial charge < -0.3 is 19.9 Å². The first kappa shape index (κ1) is 15.9. The van der Waals surface area contributed by atoms with Crippen LogP contribution in [-0.4, -0.2) is 32.3 Å². The van der Waals surface area contributed by atoms with Gasteiger partial charge in [-0.1, -0.05) is 35.5 Å². The molecule has 0 spiro atoms. The van der Waals surface area contributed by atoms with Crippen molar-refractivity contribution in [3.8, 4) is 17.0 Å². The number of guanidine groups is 1. The van der Waals surface area contributed by atoms with Gasteiger partial charge >= 0.3 is 0 Å². The fourth-order valence-corrected chi connectivity index (χ4v) is 2.65. The Labute approximate surface area is 140 Å². The summed E-state index contributed by atoms with van der Waals surface area (Å²) >= 11 is 0. The van der Waals surface area contributed by atoms with Gasteiger partial charge in [-0.25, -0.2) is 0 Å². The van der Waals surface area contributed by atoms with Gasteiger partial charge in [0.2, 0.25) is 0 Å². The number of hydrogen-bond acceptors (Lipinski definition) is 4. The highest BCUT2D eigenvalue weighted by Gasteiger charge is 2.15. The zero-order valence-corrected chi connectivity index (χ0v) is 14.0. The van der Waals surface area contributed by atoms with Crippen molar-refractivity contribution in [2.75, 3.05) is 21.2 Å². The quantitative estimate of drug-likeness (QED) is 0.570. The second-order valence-corrected chi connectivity index (χ2v) is 5.22. The molecule has 3 rings (SSSR count). The summed E-state index contributed by atoms with van der Waals surface area (Å²) in [6, 6.07) is 14.1. The van der Waals surface area contributed by atoms with Gasteiger partial charge in [-0.15, -0.1) is 0 Å². The number of methoxy groups -OCH3 is 1. The predicted molar refractivity (Wildman–Crippen MR) is 95.3 cm³/mol. The highest BCUT2D eigenvalue weighted by molar-refractivity contribution is 5.98. The summed E-state index contributed by atoms with van der Waals surface area (Å²) in [5, 5.41) is 12.5. The molecule has 0 bridgehead atoms. The zero-order chi connectivity index (χ0) is 16.9. The minimum absolute atomic E-state index is 0.494. The van der Waals surface area contributed by atoms with E-state index in [0.717, 1.165) is 33.5 Å². The van der Waals surface area contributed by atoms with E-state index in [1.165, 1.54) is 0 Å². The molecule has 0 unspecified atom stereocenters. The van der Waals surface area contributed by atoms with Crippen LogP contribution in [0.5, 0.6) is 5.75 Å². The molecule has 3 aromatic rings. The number of aliphatic imine (C=N–C) groups is 1. The fourth-order valence-electron chi connectivity index (χ4n) is 2.65. The molecule has 6 heteroatoms. The van der Waals surface area contributed by atoms with Crippen LogP contribution in [0.3, 0.4) is 0 Å². The monoisotopic (exact) mass is 324 g/mol. The number of benzene rings is 2. The van der Waals surface area contributed by atoms with Gasteiger partial charge in [0.1, 0.15) is 11.4 Å². The van der Waals surface area contributed by atoms with E-state index in [0.29, 0.717) is 12.5 Å². The van der Waals surface area contributed by atoms with E-state index in [1.54, 1.807) is 14.2 Å². The molecule has 2 aromatic carbocycles. The summed E-state index contributed by atoms with van der Waals surface area (Å²) in [6.45, 7) is 0.494. The molecule has 0 saturated carbocycles. The van der Waals surface area contributed by atoms with Crippen LogP contribution in [0.15, 0.2) is 52.0 Å². The number of nitrogens with one attached hydrogen (secondary N) is 2. The molecule has 1 heterocycles. The van der Waals surface area contributed by atoms with Crippen molar-refractivity contribution in [3.05, 3.63) is 48.2 Å². The first-order chi connectivity index (χ1) is 11.8. The van der Waals surface area contributed by atoms with Crippen molar-refractivity contribution in [2.24, 2.45) is 4.99 Å². The Hall–Kier alpha value is -3.02. The Morgan fingerprint density at radius 1 is 1.25 bits per heavy atom. The van der Waals surface area contributed by atoms with Crippen molar-refractivity contribution >= 4 is 16.7 Å². The molecule has 24 heavy (non-hydrogen) atoms. The van der Waals surface area contributed by atoms with E-state index in [9.17, 15) is 0 Å². The summed E-state index contributed by atoms with van der Waals surface area (Å²) < 4.78 is 11.0. The highest BCUT2D eigenvalue weighted by atomic mass is 16.5. The van der Waals surface area contributed by atoms with E-state index < -0.39 is 0 Å². The lowest BCUT2D eigenvalue weighted by molar-refractivity contribution is 0.381. The van der Waals surface area contributed by atoms with E-state index in [2.05, 4.69) is 32.9 Å². The molecule has 0 fully saturated rings. The Bertz CT molecular complexity index is 870. The van der Waals surface area contributed by atoms with Crippen molar-refractivity contribution in [2.45, 2.75) is 6.54 Å². The standard InChI is InChI=1S/C18H20N4O2/c1-19-18(20-2)21-11-13-10-15(22-24-13)17-14-7-5-4-6-12(14)8-9-16(17)23-3/h4-10H,11H2,1-3H3,(H2,19,20,21). The van der Waals surface area contributed by atoms with E-state index >= 15 is 0 Å². The molecule has 0 amide bonds. The number of fused-ring (bicyclic) bond motifs is 1. The predicted octanol–water partition coefficient (Wildman–Crippen LogP) is 2.80.